The van der Waals surface area contributed by atoms with Crippen molar-refractivity contribution in [1.82, 2.24) is 0 Å². The van der Waals surface area contributed by atoms with Crippen LogP contribution in [0.3, 0.4) is 0 Å². The molecule has 0 aromatic heterocycles. The van der Waals surface area contributed by atoms with Gasteiger partial charge in [-0.25, -0.2) is 0 Å². The first-order chi connectivity index (χ1) is 9.60. The zero-order valence-electron chi connectivity index (χ0n) is 11.1. The van der Waals surface area contributed by atoms with E-state index in [0.29, 0.717) is 6.54 Å². The third-order valence-electron chi connectivity index (χ3n) is 3.07. The second kappa shape index (κ2) is 6.52. The second-order valence-corrected chi connectivity index (χ2v) is 5.30. The van der Waals surface area contributed by atoms with Crippen molar-refractivity contribution >= 4 is 27.3 Å². The highest BCUT2D eigenvalue weighted by Gasteiger charge is 2.09. The summed E-state index contributed by atoms with van der Waals surface area (Å²) in [5, 5.41) is 14.0. The van der Waals surface area contributed by atoms with E-state index in [4.69, 9.17) is 0 Å². The van der Waals surface area contributed by atoms with E-state index in [0.717, 1.165) is 22.1 Å². The standard InChI is InChI=1S/C15H15BrN2O2/c1-2-11-3-5-12(6-4-11)10-17-15-9-13(18(19)20)7-8-14(15)16/h3-9,17H,2,10H2,1H3. The van der Waals surface area contributed by atoms with E-state index >= 15 is 0 Å². The Bertz CT molecular complexity index is 612. The molecule has 0 aliphatic rings. The molecule has 0 aliphatic carbocycles. The van der Waals surface area contributed by atoms with E-state index in [-0.39, 0.29) is 5.69 Å². The number of non-ortho nitro benzene ring substituents is 1. The highest BCUT2D eigenvalue weighted by atomic mass is 79.9. The Kier molecular flexibility index (Phi) is 4.74. The van der Waals surface area contributed by atoms with Gasteiger partial charge in [0, 0.05) is 23.2 Å². The molecule has 2 aromatic carbocycles. The van der Waals surface area contributed by atoms with Crippen molar-refractivity contribution in [2.45, 2.75) is 19.9 Å². The van der Waals surface area contributed by atoms with Crippen LogP contribution in [0, 0.1) is 10.1 Å². The van der Waals surface area contributed by atoms with Crippen molar-refractivity contribution in [2.75, 3.05) is 5.32 Å². The van der Waals surface area contributed by atoms with Gasteiger partial charge in [-0.15, -0.1) is 0 Å². The van der Waals surface area contributed by atoms with E-state index in [1.807, 2.05) is 0 Å². The molecule has 1 N–H and O–H groups in total. The van der Waals surface area contributed by atoms with Crippen molar-refractivity contribution in [3.8, 4) is 0 Å². The highest BCUT2D eigenvalue weighted by Crippen LogP contribution is 2.27. The van der Waals surface area contributed by atoms with Gasteiger partial charge < -0.3 is 5.32 Å². The molecule has 4 nitrogen and oxygen atoms in total. The minimum absolute atomic E-state index is 0.0806. The molecule has 0 radical (unpaired) electrons. The van der Waals surface area contributed by atoms with Crippen molar-refractivity contribution < 1.29 is 4.92 Å². The van der Waals surface area contributed by atoms with Crippen molar-refractivity contribution in [3.05, 3.63) is 68.2 Å². The summed E-state index contributed by atoms with van der Waals surface area (Å²) in [4.78, 5) is 10.4. The van der Waals surface area contributed by atoms with E-state index < -0.39 is 4.92 Å². The minimum atomic E-state index is -0.395. The predicted octanol–water partition coefficient (Wildman–Crippen LogP) is 4.53. The Morgan fingerprint density at radius 2 is 1.80 bits per heavy atom. The van der Waals surface area contributed by atoms with Crippen LogP contribution in [-0.4, -0.2) is 4.92 Å². The van der Waals surface area contributed by atoms with Gasteiger partial charge in [0.1, 0.15) is 0 Å². The van der Waals surface area contributed by atoms with Crippen LogP contribution in [0.25, 0.3) is 0 Å². The van der Waals surface area contributed by atoms with E-state index in [2.05, 4.69) is 52.4 Å². The maximum Gasteiger partial charge on any atom is 0.271 e. The number of benzene rings is 2. The van der Waals surface area contributed by atoms with Gasteiger partial charge in [-0.3, -0.25) is 10.1 Å². The first kappa shape index (κ1) is 14.5. The van der Waals surface area contributed by atoms with Gasteiger partial charge in [0.2, 0.25) is 0 Å². The summed E-state index contributed by atoms with van der Waals surface area (Å²) in [7, 11) is 0. The quantitative estimate of drug-likeness (QED) is 0.645. The van der Waals surface area contributed by atoms with Crippen LogP contribution >= 0.6 is 15.9 Å². The van der Waals surface area contributed by atoms with Crippen molar-refractivity contribution in [1.29, 1.82) is 0 Å². The third kappa shape index (κ3) is 3.57. The van der Waals surface area contributed by atoms with Crippen LogP contribution < -0.4 is 5.32 Å². The second-order valence-electron chi connectivity index (χ2n) is 4.44. The zero-order valence-corrected chi connectivity index (χ0v) is 12.7. The SMILES string of the molecule is CCc1ccc(CNc2cc([N+](=O)[O-])ccc2Br)cc1. The molecule has 0 unspecified atom stereocenters. The number of nitrogens with zero attached hydrogens (tertiary/aromatic N) is 1. The molecule has 0 saturated carbocycles. The predicted molar refractivity (Wildman–Crippen MR) is 83.9 cm³/mol. The maximum atomic E-state index is 10.8. The fourth-order valence-electron chi connectivity index (χ4n) is 1.85. The minimum Gasteiger partial charge on any atom is -0.380 e. The molecular weight excluding hydrogens is 320 g/mol. The Morgan fingerprint density at radius 1 is 1.15 bits per heavy atom. The lowest BCUT2D eigenvalue weighted by Crippen LogP contribution is -2.01. The summed E-state index contributed by atoms with van der Waals surface area (Å²) in [5.74, 6) is 0. The normalized spacial score (nSPS) is 10.3. The smallest absolute Gasteiger partial charge is 0.271 e. The lowest BCUT2D eigenvalue weighted by atomic mass is 10.1. The molecule has 0 saturated heterocycles. The van der Waals surface area contributed by atoms with Gasteiger partial charge >= 0.3 is 0 Å². The number of hydrogen-bond acceptors (Lipinski definition) is 3. The third-order valence-corrected chi connectivity index (χ3v) is 3.77. The molecule has 20 heavy (non-hydrogen) atoms. The van der Waals surface area contributed by atoms with Gasteiger partial charge in [0.05, 0.1) is 10.6 Å². The van der Waals surface area contributed by atoms with Gasteiger partial charge in [0.15, 0.2) is 0 Å². The Balaban J connectivity index is 2.09. The largest absolute Gasteiger partial charge is 0.380 e. The van der Waals surface area contributed by atoms with Gasteiger partial charge in [-0.1, -0.05) is 31.2 Å². The van der Waals surface area contributed by atoms with Gasteiger partial charge in [-0.05, 0) is 39.5 Å². The van der Waals surface area contributed by atoms with Crippen LogP contribution in [0.1, 0.15) is 18.1 Å². The molecule has 0 amide bonds. The van der Waals surface area contributed by atoms with E-state index in [1.54, 1.807) is 6.07 Å². The molecule has 2 rings (SSSR count). The molecule has 5 heteroatoms. The van der Waals surface area contributed by atoms with Crippen LogP contribution in [0.2, 0.25) is 0 Å². The molecule has 0 bridgehead atoms. The average molecular weight is 335 g/mol. The Hall–Kier alpha value is -1.88. The van der Waals surface area contributed by atoms with Crippen LogP contribution in [-0.2, 0) is 13.0 Å². The summed E-state index contributed by atoms with van der Waals surface area (Å²) >= 11 is 3.39. The number of halogens is 1. The number of rotatable bonds is 5. The van der Waals surface area contributed by atoms with Crippen LogP contribution in [0.4, 0.5) is 11.4 Å². The number of hydrogen-bond donors (Lipinski definition) is 1. The van der Waals surface area contributed by atoms with Crippen LogP contribution in [0.15, 0.2) is 46.9 Å². The number of nitro benzene ring substituents is 1. The number of aryl methyl sites for hydroxylation is 1. The molecule has 0 aliphatic heterocycles. The molecule has 0 heterocycles. The Labute approximate surface area is 126 Å². The Morgan fingerprint density at radius 3 is 2.40 bits per heavy atom. The monoisotopic (exact) mass is 334 g/mol. The summed E-state index contributed by atoms with van der Waals surface area (Å²) in [6.07, 6.45) is 1.02. The van der Waals surface area contributed by atoms with Crippen molar-refractivity contribution in [2.24, 2.45) is 0 Å². The lowest BCUT2D eigenvalue weighted by molar-refractivity contribution is -0.384. The zero-order chi connectivity index (χ0) is 14.5. The number of nitrogens with one attached hydrogen (secondary N) is 1. The molecule has 0 spiro atoms. The number of nitro groups is 1. The highest BCUT2D eigenvalue weighted by molar-refractivity contribution is 9.10. The van der Waals surface area contributed by atoms with E-state index in [9.17, 15) is 10.1 Å². The first-order valence-corrected chi connectivity index (χ1v) is 7.15. The molecule has 2 aromatic rings. The van der Waals surface area contributed by atoms with E-state index in [1.165, 1.54) is 17.7 Å². The molecule has 0 atom stereocenters. The number of anilines is 1. The first-order valence-electron chi connectivity index (χ1n) is 6.35. The molecule has 104 valence electrons. The maximum absolute atomic E-state index is 10.8. The average Bonchev–Trinajstić information content (AvgIpc) is 2.46. The summed E-state index contributed by atoms with van der Waals surface area (Å²) < 4.78 is 0.813. The van der Waals surface area contributed by atoms with Gasteiger partial charge in [0.25, 0.3) is 5.69 Å². The summed E-state index contributed by atoms with van der Waals surface area (Å²) in [6, 6.07) is 13.0. The molecule has 0 fully saturated rings. The topological polar surface area (TPSA) is 55.2 Å². The lowest BCUT2D eigenvalue weighted by Gasteiger charge is -2.09. The van der Waals surface area contributed by atoms with Crippen molar-refractivity contribution in [3.63, 3.8) is 0 Å². The fourth-order valence-corrected chi connectivity index (χ4v) is 2.24. The summed E-state index contributed by atoms with van der Waals surface area (Å²) in [5.41, 5.74) is 3.24. The molecular formula is C15H15BrN2O2. The summed E-state index contributed by atoms with van der Waals surface area (Å²) in [6.45, 7) is 2.75. The fraction of sp³-hybridized carbons (Fsp3) is 0.200. The van der Waals surface area contributed by atoms with Crippen LogP contribution in [0.5, 0.6) is 0 Å². The van der Waals surface area contributed by atoms with Gasteiger partial charge in [-0.2, -0.15) is 0 Å².